The van der Waals surface area contributed by atoms with Crippen molar-refractivity contribution in [2.45, 2.75) is 31.5 Å². The summed E-state index contributed by atoms with van der Waals surface area (Å²) in [6.07, 6.45) is -1.66. The summed E-state index contributed by atoms with van der Waals surface area (Å²) in [4.78, 5) is 20.1. The van der Waals surface area contributed by atoms with Crippen molar-refractivity contribution in [2.24, 2.45) is 0 Å². The third-order valence-corrected chi connectivity index (χ3v) is 3.89. The standard InChI is InChI=1S/C17H16F3N3O2/c1-25-16(24)13-6-5-12(23-15(13)10-2-3-10)9-22-14-7-4-11(8-21-14)17(18,19)20/h4-8,10H,2-3,9H2,1H3,(H,21,22). The van der Waals surface area contributed by atoms with E-state index in [1.807, 2.05) is 0 Å². The first-order valence-corrected chi connectivity index (χ1v) is 7.73. The van der Waals surface area contributed by atoms with E-state index in [2.05, 4.69) is 15.3 Å². The minimum absolute atomic E-state index is 0.262. The highest BCUT2D eigenvalue weighted by Crippen LogP contribution is 2.40. The number of ether oxygens (including phenoxy) is 1. The third-order valence-electron chi connectivity index (χ3n) is 3.89. The lowest BCUT2D eigenvalue weighted by molar-refractivity contribution is -0.137. The van der Waals surface area contributed by atoms with Gasteiger partial charge in [-0.15, -0.1) is 0 Å². The lowest BCUT2D eigenvalue weighted by Gasteiger charge is -2.11. The Hall–Kier alpha value is -2.64. The Morgan fingerprint density at radius 1 is 1.28 bits per heavy atom. The first-order valence-electron chi connectivity index (χ1n) is 7.73. The van der Waals surface area contributed by atoms with Crippen LogP contribution in [0.2, 0.25) is 0 Å². The molecule has 3 rings (SSSR count). The molecular formula is C17H16F3N3O2. The molecule has 8 heteroatoms. The largest absolute Gasteiger partial charge is 0.465 e. The SMILES string of the molecule is COC(=O)c1ccc(CNc2ccc(C(F)(F)F)cn2)nc1C1CC1. The van der Waals surface area contributed by atoms with E-state index in [-0.39, 0.29) is 5.92 Å². The summed E-state index contributed by atoms with van der Waals surface area (Å²) in [7, 11) is 1.32. The van der Waals surface area contributed by atoms with Gasteiger partial charge in [-0.1, -0.05) is 0 Å². The van der Waals surface area contributed by atoms with Crippen LogP contribution >= 0.6 is 0 Å². The van der Waals surface area contributed by atoms with Crippen LogP contribution in [0.4, 0.5) is 19.0 Å². The highest BCUT2D eigenvalue weighted by molar-refractivity contribution is 5.90. The topological polar surface area (TPSA) is 64.1 Å². The molecule has 132 valence electrons. The zero-order valence-corrected chi connectivity index (χ0v) is 13.4. The molecule has 1 saturated carbocycles. The number of nitrogens with one attached hydrogen (secondary N) is 1. The molecule has 2 aromatic heterocycles. The molecular weight excluding hydrogens is 335 g/mol. The van der Waals surface area contributed by atoms with Gasteiger partial charge in [-0.25, -0.2) is 9.78 Å². The van der Waals surface area contributed by atoms with Crippen molar-refractivity contribution in [1.82, 2.24) is 9.97 Å². The number of rotatable bonds is 5. The molecule has 1 aliphatic rings. The number of aromatic nitrogens is 2. The maximum atomic E-state index is 12.5. The van der Waals surface area contributed by atoms with Crippen LogP contribution in [0, 0.1) is 0 Å². The monoisotopic (exact) mass is 351 g/mol. The fourth-order valence-electron chi connectivity index (χ4n) is 2.41. The van der Waals surface area contributed by atoms with Gasteiger partial charge in [-0.3, -0.25) is 4.98 Å². The number of pyridine rings is 2. The van der Waals surface area contributed by atoms with Crippen molar-refractivity contribution in [1.29, 1.82) is 0 Å². The fourth-order valence-corrected chi connectivity index (χ4v) is 2.41. The van der Waals surface area contributed by atoms with E-state index in [0.29, 0.717) is 29.3 Å². The molecule has 1 aliphatic carbocycles. The molecule has 0 bridgehead atoms. The number of carbonyl (C=O) groups excluding carboxylic acids is 1. The molecule has 0 radical (unpaired) electrons. The van der Waals surface area contributed by atoms with Crippen LogP contribution in [-0.4, -0.2) is 23.0 Å². The second-order valence-corrected chi connectivity index (χ2v) is 5.78. The predicted octanol–water partition coefficient (Wildman–Crippen LogP) is 3.77. The van der Waals surface area contributed by atoms with Crippen molar-refractivity contribution in [2.75, 3.05) is 12.4 Å². The molecule has 2 heterocycles. The summed E-state index contributed by atoms with van der Waals surface area (Å²) in [5, 5.41) is 2.93. The number of nitrogens with zero attached hydrogens (tertiary/aromatic N) is 2. The van der Waals surface area contributed by atoms with E-state index in [1.54, 1.807) is 12.1 Å². The van der Waals surface area contributed by atoms with Gasteiger partial charge in [-0.05, 0) is 37.1 Å². The summed E-state index contributed by atoms with van der Waals surface area (Å²) in [5.41, 5.74) is 1.05. The van der Waals surface area contributed by atoms with Gasteiger partial charge in [-0.2, -0.15) is 13.2 Å². The second-order valence-electron chi connectivity index (χ2n) is 5.78. The van der Waals surface area contributed by atoms with Gasteiger partial charge in [0.2, 0.25) is 0 Å². The molecule has 1 N–H and O–H groups in total. The lowest BCUT2D eigenvalue weighted by Crippen LogP contribution is -2.11. The van der Waals surface area contributed by atoms with E-state index in [0.717, 1.165) is 25.1 Å². The van der Waals surface area contributed by atoms with E-state index in [9.17, 15) is 18.0 Å². The van der Waals surface area contributed by atoms with Gasteiger partial charge in [0.1, 0.15) is 5.82 Å². The quantitative estimate of drug-likeness (QED) is 0.831. The van der Waals surface area contributed by atoms with Gasteiger partial charge in [0.25, 0.3) is 0 Å². The van der Waals surface area contributed by atoms with Gasteiger partial charge in [0.05, 0.1) is 36.2 Å². The normalized spacial score (nSPS) is 14.2. The molecule has 0 atom stereocenters. The Bertz CT molecular complexity index is 772. The number of anilines is 1. The second kappa shape index (κ2) is 6.70. The average Bonchev–Trinajstić information content (AvgIpc) is 3.43. The molecule has 0 aliphatic heterocycles. The smallest absolute Gasteiger partial charge is 0.417 e. The van der Waals surface area contributed by atoms with E-state index < -0.39 is 17.7 Å². The molecule has 1 fully saturated rings. The van der Waals surface area contributed by atoms with Crippen molar-refractivity contribution < 1.29 is 22.7 Å². The fraction of sp³-hybridized carbons (Fsp3) is 0.353. The predicted molar refractivity (Wildman–Crippen MR) is 84.1 cm³/mol. The number of halogens is 3. The molecule has 0 aromatic carbocycles. The number of alkyl halides is 3. The number of carbonyl (C=O) groups is 1. The summed E-state index contributed by atoms with van der Waals surface area (Å²) in [5.74, 6) is 0.163. The minimum Gasteiger partial charge on any atom is -0.465 e. The Balaban J connectivity index is 1.71. The molecule has 0 unspecified atom stereocenters. The summed E-state index contributed by atoms with van der Waals surface area (Å²) in [6, 6.07) is 5.60. The van der Waals surface area contributed by atoms with Crippen molar-refractivity contribution >= 4 is 11.8 Å². The molecule has 5 nitrogen and oxygen atoms in total. The summed E-state index contributed by atoms with van der Waals surface area (Å²) >= 11 is 0. The molecule has 0 amide bonds. The molecule has 25 heavy (non-hydrogen) atoms. The van der Waals surface area contributed by atoms with E-state index in [1.165, 1.54) is 13.2 Å². The highest BCUT2D eigenvalue weighted by atomic mass is 19.4. The highest BCUT2D eigenvalue weighted by Gasteiger charge is 2.31. The van der Waals surface area contributed by atoms with Gasteiger partial charge < -0.3 is 10.1 Å². The van der Waals surface area contributed by atoms with Gasteiger partial charge in [0, 0.05) is 12.1 Å². The first kappa shape index (κ1) is 17.2. The Kier molecular flexibility index (Phi) is 4.61. The summed E-state index contributed by atoms with van der Waals surface area (Å²) < 4.78 is 42.3. The Morgan fingerprint density at radius 2 is 2.04 bits per heavy atom. The Labute approximate surface area is 142 Å². The third kappa shape index (κ3) is 4.07. The molecule has 2 aromatic rings. The van der Waals surface area contributed by atoms with Crippen LogP contribution in [0.1, 0.15) is 46.1 Å². The number of methoxy groups -OCH3 is 1. The van der Waals surface area contributed by atoms with Crippen LogP contribution in [0.5, 0.6) is 0 Å². The molecule has 0 spiro atoms. The van der Waals surface area contributed by atoms with E-state index >= 15 is 0 Å². The zero-order chi connectivity index (χ0) is 18.0. The van der Waals surface area contributed by atoms with Crippen molar-refractivity contribution in [3.63, 3.8) is 0 Å². The van der Waals surface area contributed by atoms with Crippen LogP contribution in [0.15, 0.2) is 30.5 Å². The Morgan fingerprint density at radius 3 is 2.60 bits per heavy atom. The lowest BCUT2D eigenvalue weighted by atomic mass is 10.1. The first-order chi connectivity index (χ1) is 11.9. The summed E-state index contributed by atoms with van der Waals surface area (Å²) in [6.45, 7) is 0.291. The van der Waals surface area contributed by atoms with Crippen molar-refractivity contribution in [3.8, 4) is 0 Å². The molecule has 0 saturated heterocycles. The van der Waals surface area contributed by atoms with Gasteiger partial charge in [0.15, 0.2) is 0 Å². The number of hydrogen-bond donors (Lipinski definition) is 1. The maximum absolute atomic E-state index is 12.5. The van der Waals surface area contributed by atoms with E-state index in [4.69, 9.17) is 4.74 Å². The van der Waals surface area contributed by atoms with Crippen LogP contribution in [-0.2, 0) is 17.5 Å². The average molecular weight is 351 g/mol. The van der Waals surface area contributed by atoms with Gasteiger partial charge >= 0.3 is 12.1 Å². The van der Waals surface area contributed by atoms with Crippen molar-refractivity contribution in [3.05, 3.63) is 53.0 Å². The maximum Gasteiger partial charge on any atom is 0.417 e. The number of esters is 1. The zero-order valence-electron chi connectivity index (χ0n) is 13.4. The minimum atomic E-state index is -4.41. The number of hydrogen-bond acceptors (Lipinski definition) is 5. The van der Waals surface area contributed by atoms with Crippen LogP contribution < -0.4 is 5.32 Å². The van der Waals surface area contributed by atoms with Crippen LogP contribution in [0.25, 0.3) is 0 Å². The van der Waals surface area contributed by atoms with Crippen LogP contribution in [0.3, 0.4) is 0 Å².